The zero-order chi connectivity index (χ0) is 15.9. The van der Waals surface area contributed by atoms with Crippen LogP contribution >= 0.6 is 39.1 Å². The number of benzene rings is 2. The summed E-state index contributed by atoms with van der Waals surface area (Å²) in [6.07, 6.45) is 1.54. The van der Waals surface area contributed by atoms with Gasteiger partial charge in [0.05, 0.1) is 11.2 Å². The van der Waals surface area contributed by atoms with Gasteiger partial charge in [-0.1, -0.05) is 57.3 Å². The number of carbonyl (C=O) groups excluding carboxylic acids is 1. The summed E-state index contributed by atoms with van der Waals surface area (Å²) in [5.41, 5.74) is 3.22. The Labute approximate surface area is 146 Å². The van der Waals surface area contributed by atoms with Crippen molar-refractivity contribution in [1.29, 1.82) is 0 Å². The molecule has 2 rings (SSSR count). The number of nitrogens with zero attached hydrogens (tertiary/aromatic N) is 1. The van der Waals surface area contributed by atoms with Crippen LogP contribution in [0.25, 0.3) is 0 Å². The molecule has 1 N–H and O–H groups in total. The number of amides is 1. The van der Waals surface area contributed by atoms with Crippen molar-refractivity contribution in [3.63, 3.8) is 0 Å². The lowest BCUT2D eigenvalue weighted by Crippen LogP contribution is -2.24. The number of nitrogens with one attached hydrogen (secondary N) is 1. The quantitative estimate of drug-likeness (QED) is 0.600. The number of carbonyl (C=O) groups is 1. The minimum atomic E-state index is -0.401. The Morgan fingerprint density at radius 1 is 1.27 bits per heavy atom. The van der Waals surface area contributed by atoms with Crippen molar-refractivity contribution in [3.8, 4) is 5.75 Å². The molecule has 0 aliphatic heterocycles. The van der Waals surface area contributed by atoms with Crippen LogP contribution in [0.4, 0.5) is 0 Å². The number of hydrazone groups is 1. The van der Waals surface area contributed by atoms with Crippen LogP contribution in [0.2, 0.25) is 10.0 Å². The second-order valence-electron chi connectivity index (χ2n) is 4.19. The summed E-state index contributed by atoms with van der Waals surface area (Å²) in [6.45, 7) is -0.212. The van der Waals surface area contributed by atoms with Crippen molar-refractivity contribution in [3.05, 3.63) is 62.5 Å². The van der Waals surface area contributed by atoms with Crippen molar-refractivity contribution in [2.24, 2.45) is 5.10 Å². The van der Waals surface area contributed by atoms with Crippen LogP contribution < -0.4 is 10.2 Å². The van der Waals surface area contributed by atoms with Gasteiger partial charge in [0.2, 0.25) is 0 Å². The Kier molecular flexibility index (Phi) is 6.24. The number of hydrogen-bond acceptors (Lipinski definition) is 3. The van der Waals surface area contributed by atoms with Gasteiger partial charge in [-0.3, -0.25) is 4.79 Å². The molecule has 0 heterocycles. The second kappa shape index (κ2) is 8.17. The highest BCUT2D eigenvalue weighted by molar-refractivity contribution is 9.10. The molecule has 0 saturated carbocycles. The topological polar surface area (TPSA) is 50.7 Å². The van der Waals surface area contributed by atoms with Gasteiger partial charge in [-0.15, -0.1) is 0 Å². The molecular weight excluding hydrogens is 391 g/mol. The van der Waals surface area contributed by atoms with Gasteiger partial charge in [-0.25, -0.2) is 5.43 Å². The van der Waals surface area contributed by atoms with Gasteiger partial charge in [0, 0.05) is 4.47 Å². The summed E-state index contributed by atoms with van der Waals surface area (Å²) in [4.78, 5) is 11.6. The highest BCUT2D eigenvalue weighted by atomic mass is 79.9. The van der Waals surface area contributed by atoms with Crippen LogP contribution in [0.3, 0.4) is 0 Å². The predicted molar refractivity (Wildman–Crippen MR) is 91.8 cm³/mol. The van der Waals surface area contributed by atoms with Crippen molar-refractivity contribution in [1.82, 2.24) is 5.43 Å². The van der Waals surface area contributed by atoms with E-state index in [0.29, 0.717) is 10.8 Å². The molecule has 0 atom stereocenters. The monoisotopic (exact) mass is 400 g/mol. The van der Waals surface area contributed by atoms with E-state index in [1.807, 2.05) is 24.3 Å². The van der Waals surface area contributed by atoms with Gasteiger partial charge in [-0.2, -0.15) is 5.10 Å². The molecular formula is C15H11BrCl2N2O2. The van der Waals surface area contributed by atoms with E-state index < -0.39 is 5.91 Å². The molecule has 0 bridgehead atoms. The van der Waals surface area contributed by atoms with Crippen molar-refractivity contribution in [2.45, 2.75) is 0 Å². The second-order valence-corrected chi connectivity index (χ2v) is 5.89. The first-order chi connectivity index (χ1) is 10.6. The number of halogens is 3. The molecule has 0 spiro atoms. The van der Waals surface area contributed by atoms with E-state index in [2.05, 4.69) is 26.5 Å². The molecule has 114 valence electrons. The van der Waals surface area contributed by atoms with Gasteiger partial charge >= 0.3 is 0 Å². The fraction of sp³-hybridized carbons (Fsp3) is 0.0667. The maximum absolute atomic E-state index is 11.6. The minimum absolute atomic E-state index is 0.212. The number of ether oxygens (including phenoxy) is 1. The largest absolute Gasteiger partial charge is 0.482 e. The molecule has 2 aromatic rings. The van der Waals surface area contributed by atoms with Gasteiger partial charge in [0.1, 0.15) is 10.8 Å². The number of hydrogen-bond donors (Lipinski definition) is 1. The average molecular weight is 402 g/mol. The average Bonchev–Trinajstić information content (AvgIpc) is 2.49. The SMILES string of the molecule is O=C(COc1cccc(Cl)c1Cl)N/N=C/c1cccc(Br)c1. The molecule has 0 saturated heterocycles. The van der Waals surface area contributed by atoms with E-state index in [4.69, 9.17) is 27.9 Å². The number of rotatable bonds is 5. The van der Waals surface area contributed by atoms with Gasteiger partial charge < -0.3 is 4.74 Å². The summed E-state index contributed by atoms with van der Waals surface area (Å²) in [5, 5.41) is 4.49. The van der Waals surface area contributed by atoms with E-state index in [0.717, 1.165) is 10.0 Å². The van der Waals surface area contributed by atoms with Crippen LogP contribution in [-0.4, -0.2) is 18.7 Å². The minimum Gasteiger partial charge on any atom is -0.482 e. The summed E-state index contributed by atoms with van der Waals surface area (Å²) in [7, 11) is 0. The Morgan fingerprint density at radius 2 is 2.05 bits per heavy atom. The summed E-state index contributed by atoms with van der Waals surface area (Å²) in [6, 6.07) is 12.5. The standard InChI is InChI=1S/C15H11BrCl2N2O2/c16-11-4-1-3-10(7-11)8-19-20-14(21)9-22-13-6-2-5-12(17)15(13)18/h1-8H,9H2,(H,20,21)/b19-8+. The summed E-state index contributed by atoms with van der Waals surface area (Å²) < 4.78 is 6.22. The summed E-state index contributed by atoms with van der Waals surface area (Å²) in [5.74, 6) is -0.0532. The lowest BCUT2D eigenvalue weighted by Gasteiger charge is -2.07. The Balaban J connectivity index is 1.84. The first kappa shape index (κ1) is 16.8. The normalized spacial score (nSPS) is 10.7. The van der Waals surface area contributed by atoms with Gasteiger partial charge in [0.15, 0.2) is 6.61 Å². The van der Waals surface area contributed by atoms with E-state index in [-0.39, 0.29) is 11.6 Å². The molecule has 0 aliphatic carbocycles. The Morgan fingerprint density at radius 3 is 2.82 bits per heavy atom. The van der Waals surface area contributed by atoms with Crippen LogP contribution in [-0.2, 0) is 4.79 Å². The highest BCUT2D eigenvalue weighted by Crippen LogP contribution is 2.31. The molecule has 0 radical (unpaired) electrons. The fourth-order valence-corrected chi connectivity index (χ4v) is 2.30. The van der Waals surface area contributed by atoms with Gasteiger partial charge in [-0.05, 0) is 29.8 Å². The van der Waals surface area contributed by atoms with Crippen LogP contribution in [0.5, 0.6) is 5.75 Å². The maximum atomic E-state index is 11.6. The Bertz CT molecular complexity index is 708. The molecule has 1 amide bonds. The van der Waals surface area contributed by atoms with E-state index in [1.54, 1.807) is 18.2 Å². The van der Waals surface area contributed by atoms with Crippen LogP contribution in [0.1, 0.15) is 5.56 Å². The van der Waals surface area contributed by atoms with Crippen molar-refractivity contribution >= 4 is 51.3 Å². The molecule has 0 unspecified atom stereocenters. The maximum Gasteiger partial charge on any atom is 0.277 e. The third-order valence-corrected chi connectivity index (χ3v) is 3.82. The highest BCUT2D eigenvalue weighted by Gasteiger charge is 2.07. The van der Waals surface area contributed by atoms with Crippen LogP contribution in [0.15, 0.2) is 52.0 Å². The molecule has 7 heteroatoms. The van der Waals surface area contributed by atoms with E-state index >= 15 is 0 Å². The zero-order valence-corrected chi connectivity index (χ0v) is 14.3. The lowest BCUT2D eigenvalue weighted by molar-refractivity contribution is -0.123. The first-order valence-electron chi connectivity index (χ1n) is 6.20. The molecule has 22 heavy (non-hydrogen) atoms. The molecule has 0 aromatic heterocycles. The lowest BCUT2D eigenvalue weighted by atomic mass is 10.2. The van der Waals surface area contributed by atoms with Crippen LogP contribution in [0, 0.1) is 0 Å². The van der Waals surface area contributed by atoms with Crippen molar-refractivity contribution in [2.75, 3.05) is 6.61 Å². The fourth-order valence-electron chi connectivity index (χ4n) is 1.54. The Hall–Kier alpha value is -1.56. The molecule has 0 fully saturated rings. The van der Waals surface area contributed by atoms with Crippen molar-refractivity contribution < 1.29 is 9.53 Å². The predicted octanol–water partition coefficient (Wildman–Crippen LogP) is 4.29. The zero-order valence-electron chi connectivity index (χ0n) is 11.2. The molecule has 4 nitrogen and oxygen atoms in total. The first-order valence-corrected chi connectivity index (χ1v) is 7.75. The third-order valence-electron chi connectivity index (χ3n) is 2.53. The summed E-state index contributed by atoms with van der Waals surface area (Å²) >= 11 is 15.2. The van der Waals surface area contributed by atoms with E-state index in [9.17, 15) is 4.79 Å². The van der Waals surface area contributed by atoms with Gasteiger partial charge in [0.25, 0.3) is 5.91 Å². The smallest absolute Gasteiger partial charge is 0.277 e. The molecule has 2 aromatic carbocycles. The molecule has 0 aliphatic rings. The third kappa shape index (κ3) is 5.02. The van der Waals surface area contributed by atoms with E-state index in [1.165, 1.54) is 6.21 Å².